The molecule has 0 saturated heterocycles. The average molecular weight is 598 g/mol. The SMILES string of the molecule is CCCCCOC(=O)Oc1ccc(C[C@H](NCCOC(=O)OC(C)CCC)C(=O)OC)cc1OC(=O)OCCCCC. The minimum atomic E-state index is -0.954. The number of rotatable bonds is 20. The summed E-state index contributed by atoms with van der Waals surface area (Å²) in [5.41, 5.74) is 0.559. The Morgan fingerprint density at radius 2 is 1.36 bits per heavy atom. The van der Waals surface area contributed by atoms with Gasteiger partial charge in [0.1, 0.15) is 18.8 Å². The summed E-state index contributed by atoms with van der Waals surface area (Å²) in [7, 11) is 1.26. The normalized spacial score (nSPS) is 12.0. The third kappa shape index (κ3) is 16.0. The Morgan fingerprint density at radius 1 is 0.762 bits per heavy atom. The van der Waals surface area contributed by atoms with Gasteiger partial charge in [0, 0.05) is 6.54 Å². The van der Waals surface area contributed by atoms with Crippen LogP contribution in [-0.2, 0) is 34.9 Å². The zero-order chi connectivity index (χ0) is 31.2. The lowest BCUT2D eigenvalue weighted by Gasteiger charge is -2.18. The van der Waals surface area contributed by atoms with Gasteiger partial charge in [0.25, 0.3) is 0 Å². The van der Waals surface area contributed by atoms with E-state index in [2.05, 4.69) is 5.32 Å². The zero-order valence-corrected chi connectivity index (χ0v) is 25.6. The van der Waals surface area contributed by atoms with E-state index in [4.69, 9.17) is 33.2 Å². The summed E-state index contributed by atoms with van der Waals surface area (Å²) in [4.78, 5) is 48.8. The molecule has 0 spiro atoms. The summed E-state index contributed by atoms with van der Waals surface area (Å²) in [6.07, 6.45) is 3.92. The second-order valence-electron chi connectivity index (χ2n) is 9.65. The molecule has 0 fully saturated rings. The van der Waals surface area contributed by atoms with Crippen molar-refractivity contribution in [3.05, 3.63) is 23.8 Å². The maximum absolute atomic E-state index is 12.4. The summed E-state index contributed by atoms with van der Waals surface area (Å²) in [6, 6.07) is 3.69. The Kier molecular flexibility index (Phi) is 19.2. The molecule has 0 amide bonds. The van der Waals surface area contributed by atoms with Gasteiger partial charge in [-0.15, -0.1) is 0 Å². The summed E-state index contributed by atoms with van der Waals surface area (Å²) in [5, 5.41) is 2.99. The number of esters is 1. The van der Waals surface area contributed by atoms with Crippen molar-refractivity contribution in [3.63, 3.8) is 0 Å². The van der Waals surface area contributed by atoms with Crippen molar-refractivity contribution in [3.8, 4) is 11.5 Å². The Balaban J connectivity index is 2.91. The molecule has 1 N–H and O–H groups in total. The van der Waals surface area contributed by atoms with Crippen molar-refractivity contribution in [2.75, 3.05) is 33.5 Å². The first-order chi connectivity index (χ1) is 20.2. The number of carbonyl (C=O) groups excluding carboxylic acids is 4. The minimum Gasteiger partial charge on any atom is -0.468 e. The van der Waals surface area contributed by atoms with Gasteiger partial charge in [-0.05, 0) is 50.3 Å². The number of ether oxygens (including phenoxy) is 7. The van der Waals surface area contributed by atoms with E-state index in [0.29, 0.717) is 18.4 Å². The van der Waals surface area contributed by atoms with E-state index < -0.39 is 30.5 Å². The van der Waals surface area contributed by atoms with Gasteiger partial charge in [0.15, 0.2) is 11.5 Å². The van der Waals surface area contributed by atoms with Gasteiger partial charge in [-0.25, -0.2) is 14.4 Å². The van der Waals surface area contributed by atoms with Gasteiger partial charge in [0.05, 0.1) is 20.3 Å². The molecule has 0 aromatic heterocycles. The predicted molar refractivity (Wildman–Crippen MR) is 154 cm³/mol. The van der Waals surface area contributed by atoms with Crippen LogP contribution >= 0.6 is 0 Å². The van der Waals surface area contributed by atoms with Crippen LogP contribution in [0.2, 0.25) is 0 Å². The molecule has 238 valence electrons. The van der Waals surface area contributed by atoms with E-state index in [1.165, 1.54) is 19.2 Å². The fourth-order valence-corrected chi connectivity index (χ4v) is 3.75. The first kappa shape index (κ1) is 36.5. The Morgan fingerprint density at radius 3 is 1.93 bits per heavy atom. The standard InChI is InChI=1S/C30H47NO11/c1-6-9-11-17-37-29(34)41-25-15-14-23(21-26(25)42-30(35)38-18-12-10-7-2)20-24(27(32)36-5)31-16-19-39-28(33)40-22(4)13-8-3/h14-15,21-22,24,31H,6-13,16-20H2,1-5H3/t22?,24-/m0/s1. The first-order valence-corrected chi connectivity index (χ1v) is 14.7. The maximum Gasteiger partial charge on any atom is 0.513 e. The molecule has 2 atom stereocenters. The van der Waals surface area contributed by atoms with Crippen LogP contribution in [0, 0.1) is 0 Å². The molecule has 12 heteroatoms. The van der Waals surface area contributed by atoms with Crippen molar-refractivity contribution < 1.29 is 52.3 Å². The predicted octanol–water partition coefficient (Wildman–Crippen LogP) is 6.11. The van der Waals surface area contributed by atoms with E-state index in [0.717, 1.165) is 38.5 Å². The largest absolute Gasteiger partial charge is 0.513 e. The van der Waals surface area contributed by atoms with E-state index in [1.807, 2.05) is 20.8 Å². The quantitative estimate of drug-likeness (QED) is 0.0800. The zero-order valence-electron chi connectivity index (χ0n) is 25.6. The number of carbonyl (C=O) groups is 4. The van der Waals surface area contributed by atoms with Gasteiger partial charge in [-0.2, -0.15) is 0 Å². The van der Waals surface area contributed by atoms with Crippen molar-refractivity contribution in [1.29, 1.82) is 0 Å². The van der Waals surface area contributed by atoms with Crippen molar-refractivity contribution in [2.24, 2.45) is 0 Å². The summed E-state index contributed by atoms with van der Waals surface area (Å²) in [6.45, 7) is 8.34. The van der Waals surface area contributed by atoms with Crippen LogP contribution in [0.3, 0.4) is 0 Å². The van der Waals surface area contributed by atoms with Crippen LogP contribution in [0.1, 0.15) is 84.6 Å². The number of nitrogens with one attached hydrogen (secondary N) is 1. The molecule has 1 aromatic carbocycles. The lowest BCUT2D eigenvalue weighted by atomic mass is 10.1. The molecule has 0 aliphatic heterocycles. The van der Waals surface area contributed by atoms with Crippen LogP contribution < -0.4 is 14.8 Å². The molecular weight excluding hydrogens is 550 g/mol. The van der Waals surface area contributed by atoms with Gasteiger partial charge in [0.2, 0.25) is 0 Å². The van der Waals surface area contributed by atoms with Crippen LogP contribution in [-0.4, -0.2) is 70.1 Å². The van der Waals surface area contributed by atoms with Gasteiger partial charge >= 0.3 is 24.4 Å². The molecule has 0 radical (unpaired) electrons. The number of unbranched alkanes of at least 4 members (excludes halogenated alkanes) is 4. The number of hydrogen-bond acceptors (Lipinski definition) is 12. The van der Waals surface area contributed by atoms with Crippen LogP contribution in [0.15, 0.2) is 18.2 Å². The molecule has 1 aromatic rings. The molecule has 0 saturated carbocycles. The highest BCUT2D eigenvalue weighted by atomic mass is 16.7. The molecule has 0 heterocycles. The summed E-state index contributed by atoms with van der Waals surface area (Å²) >= 11 is 0. The third-order valence-electron chi connectivity index (χ3n) is 5.96. The lowest BCUT2D eigenvalue weighted by Crippen LogP contribution is -2.41. The van der Waals surface area contributed by atoms with E-state index >= 15 is 0 Å². The van der Waals surface area contributed by atoms with Crippen molar-refractivity contribution in [2.45, 2.75) is 97.6 Å². The Labute approximate surface area is 248 Å². The maximum atomic E-state index is 12.4. The minimum absolute atomic E-state index is 0.0312. The van der Waals surface area contributed by atoms with E-state index in [1.54, 1.807) is 13.0 Å². The highest BCUT2D eigenvalue weighted by molar-refractivity contribution is 5.76. The van der Waals surface area contributed by atoms with Gasteiger partial charge in [-0.3, -0.25) is 4.79 Å². The monoisotopic (exact) mass is 597 g/mol. The molecule has 1 unspecified atom stereocenters. The molecule has 1 rings (SSSR count). The molecule has 42 heavy (non-hydrogen) atoms. The number of methoxy groups -OCH3 is 1. The third-order valence-corrected chi connectivity index (χ3v) is 5.96. The van der Waals surface area contributed by atoms with E-state index in [-0.39, 0.29) is 50.4 Å². The molecule has 0 aliphatic carbocycles. The van der Waals surface area contributed by atoms with Gasteiger partial charge in [-0.1, -0.05) is 58.9 Å². The van der Waals surface area contributed by atoms with Crippen LogP contribution in [0.25, 0.3) is 0 Å². The second-order valence-corrected chi connectivity index (χ2v) is 9.65. The summed E-state index contributed by atoms with van der Waals surface area (Å²) < 4.78 is 36.0. The topological polar surface area (TPSA) is 145 Å². The molecule has 0 bridgehead atoms. The molecule has 12 nitrogen and oxygen atoms in total. The lowest BCUT2D eigenvalue weighted by molar-refractivity contribution is -0.143. The van der Waals surface area contributed by atoms with Gasteiger partial charge < -0.3 is 38.5 Å². The second kappa shape index (κ2) is 22.1. The number of hydrogen-bond donors (Lipinski definition) is 1. The first-order valence-electron chi connectivity index (χ1n) is 14.7. The smallest absolute Gasteiger partial charge is 0.468 e. The Bertz CT molecular complexity index is 953. The fourth-order valence-electron chi connectivity index (χ4n) is 3.75. The Hall–Kier alpha value is -3.54. The van der Waals surface area contributed by atoms with Crippen LogP contribution in [0.4, 0.5) is 14.4 Å². The highest BCUT2D eigenvalue weighted by Gasteiger charge is 2.22. The fraction of sp³-hybridized carbons (Fsp3) is 0.667. The molecular formula is C30H47NO11. The summed E-state index contributed by atoms with van der Waals surface area (Å²) in [5.74, 6) is -0.672. The van der Waals surface area contributed by atoms with E-state index in [9.17, 15) is 19.2 Å². The molecule has 0 aliphatic rings. The van der Waals surface area contributed by atoms with Crippen molar-refractivity contribution >= 4 is 24.4 Å². The highest BCUT2D eigenvalue weighted by Crippen LogP contribution is 2.30. The van der Waals surface area contributed by atoms with Crippen LogP contribution in [0.5, 0.6) is 11.5 Å². The van der Waals surface area contributed by atoms with Crippen molar-refractivity contribution in [1.82, 2.24) is 5.32 Å². The average Bonchev–Trinajstić information content (AvgIpc) is 2.96. The number of benzene rings is 1.